The summed E-state index contributed by atoms with van der Waals surface area (Å²) in [6, 6.07) is 0. The highest BCUT2D eigenvalue weighted by Gasteiger charge is 2.20. The highest BCUT2D eigenvalue weighted by molar-refractivity contribution is 5.72. The van der Waals surface area contributed by atoms with Gasteiger partial charge in [-0.25, -0.2) is 0 Å². The third-order valence-electron chi connectivity index (χ3n) is 13.1. The number of piperazine rings is 1. The van der Waals surface area contributed by atoms with Gasteiger partial charge >= 0.3 is 17.9 Å². The van der Waals surface area contributed by atoms with Crippen LogP contribution in [0.4, 0.5) is 0 Å². The van der Waals surface area contributed by atoms with E-state index in [1.54, 1.807) is 0 Å². The molecule has 1 aliphatic rings. The molecule has 354 valence electrons. The van der Waals surface area contributed by atoms with Crippen LogP contribution in [0.15, 0.2) is 0 Å². The maximum atomic E-state index is 13.3. The standard InChI is InChI=1S/C52H100N2O6/c1-6-10-20-29-47(30-21-11-7-2)37-45-58-50(55)35-26-18-14-16-24-33-49(52(57)60-44-28-39-54-42-40-53(5)41-43-54)34-25-17-15-19-27-36-51(56)59-46-38-48(31-22-12-8-3)32-23-13-9-4/h47-49H,6-46H2,1-5H3. The average Bonchev–Trinajstić information content (AvgIpc) is 3.24. The van der Waals surface area contributed by atoms with Gasteiger partial charge in [0.1, 0.15) is 0 Å². The quantitative estimate of drug-likeness (QED) is 0.0341. The molecular weight excluding hydrogens is 749 g/mol. The first-order valence-corrected chi connectivity index (χ1v) is 26.2. The molecule has 1 heterocycles. The van der Waals surface area contributed by atoms with E-state index in [0.29, 0.717) is 44.5 Å². The minimum Gasteiger partial charge on any atom is -0.466 e. The number of nitrogens with zero attached hydrogens (tertiary/aromatic N) is 2. The fourth-order valence-corrected chi connectivity index (χ4v) is 8.83. The number of likely N-dealkylation sites (N-methyl/N-ethyl adjacent to an activating group) is 1. The van der Waals surface area contributed by atoms with Crippen molar-refractivity contribution in [2.24, 2.45) is 17.8 Å². The molecule has 0 atom stereocenters. The molecule has 1 rings (SSSR count). The number of hydrogen-bond donors (Lipinski definition) is 0. The van der Waals surface area contributed by atoms with Gasteiger partial charge in [0.25, 0.3) is 0 Å². The molecule has 0 aromatic heterocycles. The summed E-state index contributed by atoms with van der Waals surface area (Å²) in [6.07, 6.45) is 36.3. The lowest BCUT2D eigenvalue weighted by Crippen LogP contribution is -2.44. The lowest BCUT2D eigenvalue weighted by Gasteiger charge is -2.32. The van der Waals surface area contributed by atoms with Crippen molar-refractivity contribution in [3.63, 3.8) is 0 Å². The van der Waals surface area contributed by atoms with Crippen molar-refractivity contribution in [1.82, 2.24) is 9.80 Å². The molecule has 8 heteroatoms. The number of hydrogen-bond acceptors (Lipinski definition) is 8. The lowest BCUT2D eigenvalue weighted by atomic mass is 9.92. The molecule has 1 aliphatic heterocycles. The fraction of sp³-hybridized carbons (Fsp3) is 0.942. The zero-order chi connectivity index (χ0) is 43.7. The minimum atomic E-state index is -0.0425. The minimum absolute atomic E-state index is 0.0187. The van der Waals surface area contributed by atoms with E-state index in [2.05, 4.69) is 44.5 Å². The van der Waals surface area contributed by atoms with Gasteiger partial charge in [0, 0.05) is 45.6 Å². The van der Waals surface area contributed by atoms with Crippen molar-refractivity contribution in [2.45, 2.75) is 240 Å². The third kappa shape index (κ3) is 33.9. The molecule has 0 aromatic rings. The summed E-state index contributed by atoms with van der Waals surface area (Å²) in [7, 11) is 2.18. The van der Waals surface area contributed by atoms with Crippen molar-refractivity contribution in [2.75, 3.05) is 59.6 Å². The topological polar surface area (TPSA) is 85.4 Å². The van der Waals surface area contributed by atoms with Gasteiger partial charge in [0.2, 0.25) is 0 Å². The summed E-state index contributed by atoms with van der Waals surface area (Å²) in [4.78, 5) is 43.0. The number of rotatable bonds is 43. The van der Waals surface area contributed by atoms with Crippen LogP contribution in [-0.4, -0.2) is 87.3 Å². The van der Waals surface area contributed by atoms with E-state index in [0.717, 1.165) is 129 Å². The first-order chi connectivity index (χ1) is 29.3. The largest absolute Gasteiger partial charge is 0.466 e. The highest BCUT2D eigenvalue weighted by atomic mass is 16.5. The van der Waals surface area contributed by atoms with Gasteiger partial charge in [-0.1, -0.05) is 182 Å². The maximum absolute atomic E-state index is 13.3. The van der Waals surface area contributed by atoms with Crippen LogP contribution in [0.5, 0.6) is 0 Å². The Morgan fingerprint density at radius 1 is 0.417 bits per heavy atom. The second-order valence-corrected chi connectivity index (χ2v) is 18.7. The molecule has 0 aromatic carbocycles. The molecule has 8 nitrogen and oxygen atoms in total. The molecule has 60 heavy (non-hydrogen) atoms. The predicted octanol–water partition coefficient (Wildman–Crippen LogP) is 13.7. The van der Waals surface area contributed by atoms with E-state index in [1.807, 2.05) is 0 Å². The van der Waals surface area contributed by atoms with Crippen LogP contribution in [0, 0.1) is 17.8 Å². The molecule has 0 amide bonds. The Hall–Kier alpha value is -1.67. The molecule has 1 saturated heterocycles. The predicted molar refractivity (Wildman–Crippen MR) is 252 cm³/mol. The van der Waals surface area contributed by atoms with Gasteiger partial charge in [-0.2, -0.15) is 0 Å². The Kier molecular flexibility index (Phi) is 38.8. The van der Waals surface area contributed by atoms with Gasteiger partial charge in [0.05, 0.1) is 25.7 Å². The normalized spacial score (nSPS) is 13.8. The zero-order valence-electron chi connectivity index (χ0n) is 40.6. The van der Waals surface area contributed by atoms with E-state index >= 15 is 0 Å². The van der Waals surface area contributed by atoms with Crippen LogP contribution in [-0.2, 0) is 28.6 Å². The summed E-state index contributed by atoms with van der Waals surface area (Å²) >= 11 is 0. The van der Waals surface area contributed by atoms with Crippen LogP contribution in [0.1, 0.15) is 240 Å². The number of carbonyl (C=O) groups excluding carboxylic acids is 3. The van der Waals surface area contributed by atoms with Gasteiger partial charge in [-0.15, -0.1) is 0 Å². The monoisotopic (exact) mass is 849 g/mol. The molecule has 0 spiro atoms. The van der Waals surface area contributed by atoms with Gasteiger partial charge in [0.15, 0.2) is 0 Å². The average molecular weight is 849 g/mol. The smallest absolute Gasteiger partial charge is 0.308 e. The number of carbonyl (C=O) groups is 3. The van der Waals surface area contributed by atoms with Crippen molar-refractivity contribution in [3.05, 3.63) is 0 Å². The van der Waals surface area contributed by atoms with Crippen LogP contribution in [0.25, 0.3) is 0 Å². The van der Waals surface area contributed by atoms with E-state index in [4.69, 9.17) is 14.2 Å². The molecule has 0 saturated carbocycles. The summed E-state index contributed by atoms with van der Waals surface area (Å²) in [5.74, 6) is 1.24. The fourth-order valence-electron chi connectivity index (χ4n) is 8.83. The van der Waals surface area contributed by atoms with Crippen molar-refractivity contribution < 1.29 is 28.6 Å². The molecule has 0 bridgehead atoms. The molecule has 0 radical (unpaired) electrons. The van der Waals surface area contributed by atoms with Gasteiger partial charge in [-0.05, 0) is 63.8 Å². The van der Waals surface area contributed by atoms with Crippen molar-refractivity contribution >= 4 is 17.9 Å². The second-order valence-electron chi connectivity index (χ2n) is 18.7. The highest BCUT2D eigenvalue weighted by Crippen LogP contribution is 2.24. The van der Waals surface area contributed by atoms with Crippen LogP contribution in [0.2, 0.25) is 0 Å². The van der Waals surface area contributed by atoms with Crippen LogP contribution < -0.4 is 0 Å². The van der Waals surface area contributed by atoms with E-state index < -0.39 is 0 Å². The molecule has 0 N–H and O–H groups in total. The van der Waals surface area contributed by atoms with Gasteiger partial charge in [-0.3, -0.25) is 14.4 Å². The second kappa shape index (κ2) is 41.3. The SMILES string of the molecule is CCCCCC(CCCCC)CCOC(=O)CCCCCCCC(CCCCCCCC(=O)OCCC(CCCCC)CCCCC)C(=O)OCCCN1CCN(C)CC1. The number of esters is 3. The number of ether oxygens (including phenoxy) is 3. The summed E-state index contributed by atoms with van der Waals surface area (Å²) in [6.45, 7) is 16.1. The van der Waals surface area contributed by atoms with E-state index in [-0.39, 0.29) is 23.8 Å². The summed E-state index contributed by atoms with van der Waals surface area (Å²) in [5, 5.41) is 0. The lowest BCUT2D eigenvalue weighted by molar-refractivity contribution is -0.149. The number of unbranched alkanes of at least 4 members (excludes halogenated alkanes) is 16. The molecule has 1 fully saturated rings. The molecule has 0 unspecified atom stereocenters. The Morgan fingerprint density at radius 3 is 1.22 bits per heavy atom. The van der Waals surface area contributed by atoms with Crippen LogP contribution >= 0.6 is 0 Å². The van der Waals surface area contributed by atoms with Crippen molar-refractivity contribution in [1.29, 1.82) is 0 Å². The van der Waals surface area contributed by atoms with Crippen molar-refractivity contribution in [3.8, 4) is 0 Å². The Morgan fingerprint density at radius 2 is 0.800 bits per heavy atom. The first kappa shape index (κ1) is 56.3. The molecule has 0 aliphatic carbocycles. The molecular formula is C52H100N2O6. The third-order valence-corrected chi connectivity index (χ3v) is 13.1. The van der Waals surface area contributed by atoms with E-state index in [1.165, 1.54) is 103 Å². The summed E-state index contributed by atoms with van der Waals surface area (Å²) < 4.78 is 17.2. The Balaban J connectivity index is 2.35. The van der Waals surface area contributed by atoms with Gasteiger partial charge < -0.3 is 24.0 Å². The maximum Gasteiger partial charge on any atom is 0.308 e. The van der Waals surface area contributed by atoms with Crippen LogP contribution in [0.3, 0.4) is 0 Å². The zero-order valence-corrected chi connectivity index (χ0v) is 40.6. The Labute approximate surface area is 372 Å². The Bertz CT molecular complexity index is 910. The van der Waals surface area contributed by atoms with E-state index in [9.17, 15) is 14.4 Å². The summed E-state index contributed by atoms with van der Waals surface area (Å²) in [5.41, 5.74) is 0. The first-order valence-electron chi connectivity index (χ1n) is 26.2.